The molecule has 8 heteroatoms. The Hall–Kier alpha value is -2.48. The highest BCUT2D eigenvalue weighted by Gasteiger charge is 2.33. The second-order valence-electron chi connectivity index (χ2n) is 6.39. The molecule has 1 N–H and O–H groups in total. The molecule has 2 aromatic rings. The van der Waals surface area contributed by atoms with E-state index in [9.17, 15) is 9.18 Å². The van der Waals surface area contributed by atoms with Gasteiger partial charge in [-0.1, -0.05) is 6.07 Å². The predicted molar refractivity (Wildman–Crippen MR) is 92.8 cm³/mol. The van der Waals surface area contributed by atoms with Gasteiger partial charge in [-0.15, -0.1) is 0 Å². The van der Waals surface area contributed by atoms with E-state index in [0.717, 1.165) is 5.69 Å². The molecule has 2 atom stereocenters. The van der Waals surface area contributed by atoms with E-state index in [2.05, 4.69) is 20.3 Å². The van der Waals surface area contributed by atoms with Crippen LogP contribution in [0, 0.1) is 0 Å². The van der Waals surface area contributed by atoms with Gasteiger partial charge in [0.15, 0.2) is 0 Å². The van der Waals surface area contributed by atoms with Crippen LogP contribution in [-0.2, 0) is 13.6 Å². The van der Waals surface area contributed by atoms with Gasteiger partial charge in [0.2, 0.25) is 0 Å². The second kappa shape index (κ2) is 7.60. The molecule has 2 amide bonds. The molecule has 0 aliphatic carbocycles. The lowest BCUT2D eigenvalue weighted by molar-refractivity contribution is 0.180. The molecule has 1 aliphatic rings. The number of hydrogen-bond acceptors (Lipinski definition) is 4. The van der Waals surface area contributed by atoms with Crippen molar-refractivity contribution in [2.45, 2.75) is 25.2 Å². The van der Waals surface area contributed by atoms with Crippen LogP contribution in [0.2, 0.25) is 0 Å². The van der Waals surface area contributed by atoms with Crippen LogP contribution in [0.4, 0.5) is 15.0 Å². The van der Waals surface area contributed by atoms with Gasteiger partial charge in [-0.2, -0.15) is 5.10 Å². The molecule has 134 valence electrons. The van der Waals surface area contributed by atoms with Gasteiger partial charge < -0.3 is 4.90 Å². The van der Waals surface area contributed by atoms with Crippen molar-refractivity contribution in [3.8, 4) is 0 Å². The highest BCUT2D eigenvalue weighted by atomic mass is 19.1. The summed E-state index contributed by atoms with van der Waals surface area (Å²) in [7, 11) is 3.59. The Balaban J connectivity index is 1.59. The molecule has 7 nitrogen and oxygen atoms in total. The van der Waals surface area contributed by atoms with Gasteiger partial charge in [0.1, 0.15) is 12.0 Å². The number of rotatable bonds is 5. The number of nitrogens with zero attached hydrogens (tertiary/aromatic N) is 5. The number of halogens is 1. The van der Waals surface area contributed by atoms with Crippen LogP contribution in [-0.4, -0.2) is 62.9 Å². The van der Waals surface area contributed by atoms with Crippen molar-refractivity contribution in [2.75, 3.05) is 25.5 Å². The fourth-order valence-electron chi connectivity index (χ4n) is 3.11. The summed E-state index contributed by atoms with van der Waals surface area (Å²) < 4.78 is 15.7. The summed E-state index contributed by atoms with van der Waals surface area (Å²) in [6.45, 7) is 1.46. The van der Waals surface area contributed by atoms with Crippen LogP contribution < -0.4 is 5.32 Å². The average Bonchev–Trinajstić information content (AvgIpc) is 3.14. The second-order valence-corrected chi connectivity index (χ2v) is 6.39. The lowest BCUT2D eigenvalue weighted by Gasteiger charge is -2.28. The molecular formula is C17H23FN6O. The zero-order valence-electron chi connectivity index (χ0n) is 14.5. The van der Waals surface area contributed by atoms with Crippen LogP contribution in [0.15, 0.2) is 36.7 Å². The molecule has 3 rings (SSSR count). The summed E-state index contributed by atoms with van der Waals surface area (Å²) in [4.78, 5) is 20.0. The monoisotopic (exact) mass is 346 g/mol. The van der Waals surface area contributed by atoms with Crippen molar-refractivity contribution in [3.63, 3.8) is 0 Å². The Morgan fingerprint density at radius 1 is 1.40 bits per heavy atom. The summed E-state index contributed by atoms with van der Waals surface area (Å²) in [5.41, 5.74) is 1.03. The van der Waals surface area contributed by atoms with Crippen molar-refractivity contribution < 1.29 is 9.18 Å². The molecule has 0 radical (unpaired) electrons. The molecule has 0 spiro atoms. The van der Waals surface area contributed by atoms with Gasteiger partial charge in [-0.25, -0.2) is 14.2 Å². The maximum absolute atomic E-state index is 14.0. The maximum Gasteiger partial charge on any atom is 0.322 e. The van der Waals surface area contributed by atoms with Gasteiger partial charge in [0.05, 0.1) is 5.69 Å². The molecule has 3 heterocycles. The molecular weight excluding hydrogens is 323 g/mol. The minimum atomic E-state index is -0.870. The molecule has 0 unspecified atom stereocenters. The minimum absolute atomic E-state index is 0.0237. The van der Waals surface area contributed by atoms with Crippen LogP contribution in [0.3, 0.4) is 0 Å². The van der Waals surface area contributed by atoms with Gasteiger partial charge >= 0.3 is 6.03 Å². The van der Waals surface area contributed by atoms with Crippen LogP contribution in [0.25, 0.3) is 0 Å². The lowest BCUT2D eigenvalue weighted by atomic mass is 10.2. The largest absolute Gasteiger partial charge is 0.326 e. The third kappa shape index (κ3) is 4.33. The summed E-state index contributed by atoms with van der Waals surface area (Å²) >= 11 is 0. The first-order valence-corrected chi connectivity index (χ1v) is 8.31. The van der Waals surface area contributed by atoms with Gasteiger partial charge in [0.25, 0.3) is 0 Å². The van der Waals surface area contributed by atoms with Crippen molar-refractivity contribution in [1.29, 1.82) is 0 Å². The number of anilines is 1. The number of carbonyl (C=O) groups excluding carboxylic acids is 1. The molecule has 1 aliphatic heterocycles. The summed E-state index contributed by atoms with van der Waals surface area (Å²) in [5, 5.41) is 6.90. The van der Waals surface area contributed by atoms with Crippen LogP contribution in [0.5, 0.6) is 0 Å². The lowest BCUT2D eigenvalue weighted by Crippen LogP contribution is -2.42. The number of alkyl halides is 1. The fourth-order valence-corrected chi connectivity index (χ4v) is 3.11. The molecule has 0 bridgehead atoms. The average molecular weight is 346 g/mol. The topological polar surface area (TPSA) is 66.3 Å². The minimum Gasteiger partial charge on any atom is -0.326 e. The first kappa shape index (κ1) is 17.3. The molecule has 1 fully saturated rings. The Labute approximate surface area is 146 Å². The Morgan fingerprint density at radius 2 is 2.24 bits per heavy atom. The Kier molecular flexibility index (Phi) is 5.28. The zero-order chi connectivity index (χ0) is 17.8. The summed E-state index contributed by atoms with van der Waals surface area (Å²) in [5.74, 6) is 0.501. The normalized spacial score (nSPS) is 20.6. The first-order chi connectivity index (χ1) is 12.0. The van der Waals surface area contributed by atoms with E-state index in [1.165, 1.54) is 0 Å². The molecule has 0 aromatic carbocycles. The van der Waals surface area contributed by atoms with Crippen molar-refractivity contribution in [2.24, 2.45) is 7.05 Å². The number of urea groups is 1. The summed E-state index contributed by atoms with van der Waals surface area (Å²) in [6.07, 6.45) is 2.92. The number of hydrogen-bond donors (Lipinski definition) is 1. The molecule has 0 saturated carbocycles. The quantitative estimate of drug-likeness (QED) is 0.898. The number of aryl methyl sites for hydroxylation is 1. The number of amides is 2. The van der Waals surface area contributed by atoms with Gasteiger partial charge in [-0.05, 0) is 24.6 Å². The van der Waals surface area contributed by atoms with E-state index in [4.69, 9.17) is 0 Å². The number of carbonyl (C=O) groups is 1. The maximum atomic E-state index is 14.0. The van der Waals surface area contributed by atoms with E-state index in [1.807, 2.05) is 19.2 Å². The van der Waals surface area contributed by atoms with E-state index >= 15 is 0 Å². The number of pyridine rings is 1. The zero-order valence-corrected chi connectivity index (χ0v) is 14.5. The summed E-state index contributed by atoms with van der Waals surface area (Å²) in [6, 6.07) is 6.98. The third-order valence-corrected chi connectivity index (χ3v) is 4.50. The smallest absolute Gasteiger partial charge is 0.322 e. The Bertz CT molecular complexity index is 706. The Morgan fingerprint density at radius 3 is 2.92 bits per heavy atom. The number of nitrogens with one attached hydrogen (secondary N) is 1. The number of aromatic nitrogens is 3. The number of likely N-dealkylation sites (tertiary alicyclic amines) is 1. The molecule has 1 saturated heterocycles. The van der Waals surface area contributed by atoms with Crippen molar-refractivity contribution in [1.82, 2.24) is 24.6 Å². The SMILES string of the molecule is CN(C[C@@H]1C[C@H](F)CN1Cc1ccnn1C)C(=O)Nc1ccccn1. The highest BCUT2D eigenvalue weighted by molar-refractivity contribution is 5.88. The number of likely N-dealkylation sites (N-methyl/N-ethyl adjacent to an activating group) is 1. The highest BCUT2D eigenvalue weighted by Crippen LogP contribution is 2.23. The first-order valence-electron chi connectivity index (χ1n) is 8.31. The fraction of sp³-hybridized carbons (Fsp3) is 0.471. The van der Waals surface area contributed by atoms with Gasteiger partial charge in [-0.3, -0.25) is 14.9 Å². The molecule has 25 heavy (non-hydrogen) atoms. The predicted octanol–water partition coefficient (Wildman–Crippen LogP) is 1.89. The van der Waals surface area contributed by atoms with Crippen LogP contribution >= 0.6 is 0 Å². The van der Waals surface area contributed by atoms with Gasteiger partial charge in [0, 0.05) is 52.2 Å². The van der Waals surface area contributed by atoms with E-state index in [0.29, 0.717) is 31.9 Å². The standard InChI is InChI=1S/C17H23FN6O/c1-22(17(25)21-16-5-3-4-7-19-16)11-15-9-13(18)10-24(15)12-14-6-8-20-23(14)2/h3-8,13,15H,9-12H2,1-2H3,(H,19,21,25)/t13-,15-/m0/s1. The van der Waals surface area contributed by atoms with Crippen molar-refractivity contribution in [3.05, 3.63) is 42.4 Å². The van der Waals surface area contributed by atoms with E-state index < -0.39 is 6.17 Å². The van der Waals surface area contributed by atoms with E-state index in [1.54, 1.807) is 41.2 Å². The van der Waals surface area contributed by atoms with Crippen LogP contribution in [0.1, 0.15) is 12.1 Å². The third-order valence-electron chi connectivity index (χ3n) is 4.50. The molecule has 2 aromatic heterocycles. The van der Waals surface area contributed by atoms with E-state index in [-0.39, 0.29) is 12.1 Å². The van der Waals surface area contributed by atoms with Crippen molar-refractivity contribution >= 4 is 11.8 Å².